The molecule has 112 valence electrons. The van der Waals surface area contributed by atoms with E-state index in [4.69, 9.17) is 4.43 Å². The Morgan fingerprint density at radius 3 is 2.00 bits per heavy atom. The van der Waals surface area contributed by atoms with E-state index in [1.807, 2.05) is 4.90 Å². The molecular formula is C15H31NO2Si. The number of hydrogen-bond donors (Lipinski definition) is 0. The highest BCUT2D eigenvalue weighted by molar-refractivity contribution is 6.77. The van der Waals surface area contributed by atoms with Gasteiger partial charge in [0, 0.05) is 19.5 Å². The van der Waals surface area contributed by atoms with Gasteiger partial charge in [-0.3, -0.25) is 4.79 Å². The minimum absolute atomic E-state index is 0.300. The standard InChI is InChI=1S/C15H31NO2Si/c1-12(2)19(13(3)4,14(5)6)18-11-10-16-9-7-8-15(16)17/h12-14H,7-11H2,1-6H3. The molecule has 1 aliphatic rings. The van der Waals surface area contributed by atoms with Crippen LogP contribution in [-0.2, 0) is 9.22 Å². The monoisotopic (exact) mass is 285 g/mol. The highest BCUT2D eigenvalue weighted by Crippen LogP contribution is 2.42. The smallest absolute Gasteiger partial charge is 0.222 e. The maximum absolute atomic E-state index is 11.6. The lowest BCUT2D eigenvalue weighted by Gasteiger charge is -2.42. The highest BCUT2D eigenvalue weighted by atomic mass is 28.4. The van der Waals surface area contributed by atoms with Gasteiger partial charge in [-0.05, 0) is 23.0 Å². The average Bonchev–Trinajstić information content (AvgIpc) is 2.69. The first-order valence-corrected chi connectivity index (χ1v) is 9.88. The first-order valence-electron chi connectivity index (χ1n) is 7.74. The van der Waals surface area contributed by atoms with Crippen molar-refractivity contribution in [2.45, 2.75) is 71.0 Å². The molecule has 4 heteroatoms. The quantitative estimate of drug-likeness (QED) is 0.666. The van der Waals surface area contributed by atoms with Gasteiger partial charge in [0.25, 0.3) is 0 Å². The van der Waals surface area contributed by atoms with Crippen LogP contribution in [0.3, 0.4) is 0 Å². The fourth-order valence-electron chi connectivity index (χ4n) is 3.77. The number of nitrogens with zero attached hydrogens (tertiary/aromatic N) is 1. The fraction of sp³-hybridized carbons (Fsp3) is 0.933. The third kappa shape index (κ3) is 3.60. The summed E-state index contributed by atoms with van der Waals surface area (Å²) in [6.07, 6.45) is 1.74. The lowest BCUT2D eigenvalue weighted by molar-refractivity contribution is -0.128. The lowest BCUT2D eigenvalue weighted by atomic mass is 10.4. The van der Waals surface area contributed by atoms with E-state index in [9.17, 15) is 4.79 Å². The van der Waals surface area contributed by atoms with Crippen LogP contribution >= 0.6 is 0 Å². The average molecular weight is 286 g/mol. The van der Waals surface area contributed by atoms with E-state index in [1.165, 1.54) is 0 Å². The van der Waals surface area contributed by atoms with Crippen molar-refractivity contribution in [3.63, 3.8) is 0 Å². The summed E-state index contributed by atoms with van der Waals surface area (Å²) in [5.41, 5.74) is 1.84. The summed E-state index contributed by atoms with van der Waals surface area (Å²) in [6.45, 7) is 16.2. The van der Waals surface area contributed by atoms with Gasteiger partial charge in [-0.2, -0.15) is 0 Å². The molecule has 1 aliphatic heterocycles. The van der Waals surface area contributed by atoms with E-state index in [-0.39, 0.29) is 0 Å². The van der Waals surface area contributed by atoms with Gasteiger partial charge in [0.15, 0.2) is 8.32 Å². The third-order valence-corrected chi connectivity index (χ3v) is 10.7. The number of rotatable bonds is 7. The van der Waals surface area contributed by atoms with Crippen molar-refractivity contribution >= 4 is 14.2 Å². The normalized spacial score (nSPS) is 17.3. The molecule has 0 radical (unpaired) electrons. The SMILES string of the molecule is CC(C)[Si](OCCN1CCCC1=O)(C(C)C)C(C)C. The Bertz CT molecular complexity index is 281. The Labute approximate surface area is 119 Å². The predicted octanol–water partition coefficient (Wildman–Crippen LogP) is 3.80. The van der Waals surface area contributed by atoms with Gasteiger partial charge in [-0.25, -0.2) is 0 Å². The van der Waals surface area contributed by atoms with E-state index >= 15 is 0 Å². The molecule has 1 rings (SSSR count). The van der Waals surface area contributed by atoms with Gasteiger partial charge < -0.3 is 9.33 Å². The Morgan fingerprint density at radius 1 is 1.11 bits per heavy atom. The summed E-state index contributed by atoms with van der Waals surface area (Å²) in [5.74, 6) is 0.300. The molecule has 1 amide bonds. The Hall–Kier alpha value is -0.353. The van der Waals surface area contributed by atoms with Crippen LogP contribution in [0.2, 0.25) is 16.6 Å². The predicted molar refractivity (Wildman–Crippen MR) is 82.8 cm³/mol. The topological polar surface area (TPSA) is 29.5 Å². The van der Waals surface area contributed by atoms with Crippen molar-refractivity contribution < 1.29 is 9.22 Å². The van der Waals surface area contributed by atoms with Crippen molar-refractivity contribution in [2.24, 2.45) is 0 Å². The summed E-state index contributed by atoms with van der Waals surface area (Å²) < 4.78 is 6.47. The minimum atomic E-state index is -1.76. The maximum Gasteiger partial charge on any atom is 0.222 e. The van der Waals surface area contributed by atoms with Gasteiger partial charge in [0.1, 0.15) is 0 Å². The molecule has 3 nitrogen and oxygen atoms in total. The number of amides is 1. The van der Waals surface area contributed by atoms with E-state index in [1.54, 1.807) is 0 Å². The summed E-state index contributed by atoms with van der Waals surface area (Å²) in [6, 6.07) is 0. The van der Waals surface area contributed by atoms with Crippen LogP contribution in [0.5, 0.6) is 0 Å². The molecule has 1 fully saturated rings. The lowest BCUT2D eigenvalue weighted by Crippen LogP contribution is -2.49. The first-order chi connectivity index (χ1) is 8.82. The second-order valence-electron chi connectivity index (χ2n) is 6.65. The molecule has 0 spiro atoms. The Balaban J connectivity index is 2.60. The zero-order valence-corrected chi connectivity index (χ0v) is 14.5. The molecule has 1 saturated heterocycles. The van der Waals surface area contributed by atoms with E-state index < -0.39 is 8.32 Å². The van der Waals surface area contributed by atoms with Gasteiger partial charge in [-0.15, -0.1) is 0 Å². The van der Waals surface area contributed by atoms with Gasteiger partial charge in [0.05, 0.1) is 6.61 Å². The third-order valence-electron chi connectivity index (χ3n) is 4.59. The molecule has 0 aliphatic carbocycles. The molecule has 0 aromatic rings. The summed E-state index contributed by atoms with van der Waals surface area (Å²) in [5, 5.41) is 0. The molecule has 0 bridgehead atoms. The van der Waals surface area contributed by atoms with Crippen LogP contribution in [0.4, 0.5) is 0 Å². The number of hydrogen-bond acceptors (Lipinski definition) is 2. The van der Waals surface area contributed by atoms with Gasteiger partial charge in [0.2, 0.25) is 5.91 Å². The van der Waals surface area contributed by atoms with Crippen molar-refractivity contribution in [3.05, 3.63) is 0 Å². The second-order valence-corrected chi connectivity index (χ2v) is 12.1. The number of likely N-dealkylation sites (tertiary alicyclic amines) is 1. The van der Waals surface area contributed by atoms with Crippen LogP contribution in [0.1, 0.15) is 54.4 Å². The zero-order chi connectivity index (χ0) is 14.6. The van der Waals surface area contributed by atoms with Crippen molar-refractivity contribution in [2.75, 3.05) is 19.7 Å². The molecule has 0 saturated carbocycles. The summed E-state index contributed by atoms with van der Waals surface area (Å²) >= 11 is 0. The van der Waals surface area contributed by atoms with Crippen molar-refractivity contribution in [3.8, 4) is 0 Å². The van der Waals surface area contributed by atoms with Crippen LogP contribution < -0.4 is 0 Å². The molecule has 0 aromatic heterocycles. The van der Waals surface area contributed by atoms with Crippen LogP contribution in [0.15, 0.2) is 0 Å². The highest BCUT2D eigenvalue weighted by Gasteiger charge is 2.44. The van der Waals surface area contributed by atoms with Crippen LogP contribution in [0, 0.1) is 0 Å². The summed E-state index contributed by atoms with van der Waals surface area (Å²) in [4.78, 5) is 13.6. The second kappa shape index (κ2) is 6.89. The fourth-order valence-corrected chi connectivity index (χ4v) is 9.22. The van der Waals surface area contributed by atoms with Crippen molar-refractivity contribution in [1.82, 2.24) is 4.90 Å². The minimum Gasteiger partial charge on any atom is -0.414 e. The molecule has 1 heterocycles. The molecular weight excluding hydrogens is 254 g/mol. The van der Waals surface area contributed by atoms with Crippen LogP contribution in [-0.4, -0.2) is 38.8 Å². The van der Waals surface area contributed by atoms with Crippen LogP contribution in [0.25, 0.3) is 0 Å². The van der Waals surface area contributed by atoms with Crippen molar-refractivity contribution in [1.29, 1.82) is 0 Å². The molecule has 0 aromatic carbocycles. The van der Waals surface area contributed by atoms with Gasteiger partial charge >= 0.3 is 0 Å². The Morgan fingerprint density at radius 2 is 1.63 bits per heavy atom. The molecule has 0 N–H and O–H groups in total. The van der Waals surface area contributed by atoms with Gasteiger partial charge in [-0.1, -0.05) is 41.5 Å². The molecule has 0 atom stereocenters. The molecule has 19 heavy (non-hydrogen) atoms. The van der Waals surface area contributed by atoms with E-state index in [0.29, 0.717) is 29.1 Å². The number of carbonyl (C=O) groups is 1. The summed E-state index contributed by atoms with van der Waals surface area (Å²) in [7, 11) is -1.76. The maximum atomic E-state index is 11.6. The zero-order valence-electron chi connectivity index (χ0n) is 13.5. The number of carbonyl (C=O) groups excluding carboxylic acids is 1. The Kier molecular flexibility index (Phi) is 6.05. The molecule has 0 unspecified atom stereocenters. The largest absolute Gasteiger partial charge is 0.414 e. The van der Waals surface area contributed by atoms with E-state index in [0.717, 1.165) is 25.9 Å². The van der Waals surface area contributed by atoms with E-state index in [2.05, 4.69) is 41.5 Å². The first kappa shape index (κ1) is 16.7.